The summed E-state index contributed by atoms with van der Waals surface area (Å²) in [5.74, 6) is 0. The van der Waals surface area contributed by atoms with Crippen LogP contribution >= 0.6 is 0 Å². The average molecular weight is 667 g/mol. The van der Waals surface area contributed by atoms with Gasteiger partial charge in [0.05, 0.1) is 18.3 Å². The smallest absolute Gasteiger partial charge is 0.0537 e. The Morgan fingerprint density at radius 2 is 0.556 bits per heavy atom. The van der Waals surface area contributed by atoms with Crippen LogP contribution in [0.4, 0.5) is 0 Å². The van der Waals surface area contributed by atoms with Gasteiger partial charge in [-0.1, -0.05) is 102 Å². The molecule has 0 saturated carbocycles. The van der Waals surface area contributed by atoms with Gasteiger partial charge in [0.1, 0.15) is 0 Å². The molecule has 9 N–H and O–H groups in total. The Morgan fingerprint density at radius 3 is 0.578 bits per heavy atom. The summed E-state index contributed by atoms with van der Waals surface area (Å²) in [6.07, 6.45) is 14.1. The van der Waals surface area contributed by atoms with Crippen LogP contribution in [-0.2, 0) is 0 Å². The van der Waals surface area contributed by atoms with Crippen LogP contribution in [0.25, 0.3) is 0 Å². The second-order valence-corrected chi connectivity index (χ2v) is 9.98. The van der Waals surface area contributed by atoms with Crippen molar-refractivity contribution >= 4 is 0 Å². The van der Waals surface area contributed by atoms with Crippen molar-refractivity contribution in [3.8, 4) is 0 Å². The van der Waals surface area contributed by atoms with E-state index in [1.807, 2.05) is 48.5 Å². The van der Waals surface area contributed by atoms with Gasteiger partial charge in [-0.3, -0.25) is 0 Å². The van der Waals surface area contributed by atoms with E-state index in [0.717, 1.165) is 96.3 Å². The number of hydrogen-bond acceptors (Lipinski definition) is 9. The lowest BCUT2D eigenvalue weighted by molar-refractivity contribution is 0.159. The van der Waals surface area contributed by atoms with Gasteiger partial charge in [-0.15, -0.1) is 0 Å². The van der Waals surface area contributed by atoms with Crippen LogP contribution < -0.4 is 0 Å². The molecule has 0 amide bonds. The van der Waals surface area contributed by atoms with E-state index in [-0.39, 0.29) is 18.3 Å². The first-order chi connectivity index (χ1) is 21.4. The van der Waals surface area contributed by atoms with E-state index < -0.39 is 0 Å². The third-order valence-corrected chi connectivity index (χ3v) is 4.83. The number of aliphatic hydroxyl groups excluding tert-OH is 9. The van der Waals surface area contributed by atoms with Crippen molar-refractivity contribution in [1.82, 2.24) is 0 Å². The molecule has 0 rings (SSSR count). The molecule has 0 aromatic heterocycles. The Morgan fingerprint density at radius 1 is 0.333 bits per heavy atom. The first kappa shape index (κ1) is 66.9. The molecule has 0 heterocycles. The fourth-order valence-corrected chi connectivity index (χ4v) is 1.30. The molecule has 0 aromatic carbocycles. The Bertz CT molecular complexity index is 285. The summed E-state index contributed by atoms with van der Waals surface area (Å²) >= 11 is 0. The van der Waals surface area contributed by atoms with E-state index in [1.165, 1.54) is 0 Å². The van der Waals surface area contributed by atoms with Crippen LogP contribution in [-0.4, -0.2) is 104 Å². The average Bonchev–Trinajstić information content (AvgIpc) is 3.07. The van der Waals surface area contributed by atoms with Gasteiger partial charge in [-0.25, -0.2) is 0 Å². The summed E-state index contributed by atoms with van der Waals surface area (Å²) in [6.45, 7) is 25.7. The maximum atomic E-state index is 8.86. The van der Waals surface area contributed by atoms with Crippen molar-refractivity contribution < 1.29 is 46.0 Å². The SMILES string of the molecule is CCC(C)O.CCC(O)CC.CCCC(O)CC.CCCCO.CCCCO.CCCCO.CCCO.CCCO.CCCO. The molecule has 0 saturated heterocycles. The topological polar surface area (TPSA) is 182 Å². The quantitative estimate of drug-likeness (QED) is 0.0888. The summed E-state index contributed by atoms with van der Waals surface area (Å²) in [7, 11) is 0. The van der Waals surface area contributed by atoms with Crippen molar-refractivity contribution in [2.75, 3.05) is 39.6 Å². The normalized spacial score (nSPS) is 10.0. The van der Waals surface area contributed by atoms with E-state index in [9.17, 15) is 0 Å². The molecule has 0 aromatic rings. The molecular weight excluding hydrogens is 576 g/mol. The zero-order valence-electron chi connectivity index (χ0n) is 32.6. The Kier molecular flexibility index (Phi) is 134. The van der Waals surface area contributed by atoms with Crippen LogP contribution in [0.15, 0.2) is 0 Å². The monoisotopic (exact) mass is 667 g/mol. The summed E-state index contributed by atoms with van der Waals surface area (Å²) in [6, 6.07) is 0. The summed E-state index contributed by atoms with van der Waals surface area (Å²) in [5.41, 5.74) is 0. The molecule has 0 fully saturated rings. The molecule has 0 bridgehead atoms. The second kappa shape index (κ2) is 90.3. The van der Waals surface area contributed by atoms with Crippen molar-refractivity contribution in [2.45, 2.75) is 198 Å². The third-order valence-electron chi connectivity index (χ3n) is 4.83. The van der Waals surface area contributed by atoms with Crippen molar-refractivity contribution in [1.29, 1.82) is 0 Å². The molecule has 0 aliphatic carbocycles. The minimum Gasteiger partial charge on any atom is -0.396 e. The van der Waals surface area contributed by atoms with Crippen LogP contribution in [0.2, 0.25) is 0 Å². The Labute approximate surface area is 283 Å². The van der Waals surface area contributed by atoms with Gasteiger partial charge < -0.3 is 46.0 Å². The standard InChI is InChI=1S/C6H14O.C5H12O.4C4H10O.3C3H8O/c1-3-5-6(7)4-2;1-3-5(6)4-2;1-3-4(2)5;3*1-2-3-4-5;3*1-2-3-4/h6-7H,3-5H2,1-2H3;5-6H,3-4H2,1-2H3;4-5H,3H2,1-2H3;3*5H,2-4H2,1H3;3*4H,2-3H2,1H3. The van der Waals surface area contributed by atoms with Crippen molar-refractivity contribution in [2.24, 2.45) is 0 Å². The van der Waals surface area contributed by atoms with Gasteiger partial charge in [0.2, 0.25) is 0 Å². The highest BCUT2D eigenvalue weighted by Crippen LogP contribution is 1.98. The number of hydrogen-bond donors (Lipinski definition) is 9. The molecule has 2 unspecified atom stereocenters. The Balaban J connectivity index is -0.0000000466. The second-order valence-electron chi connectivity index (χ2n) is 9.98. The van der Waals surface area contributed by atoms with Gasteiger partial charge in [0.15, 0.2) is 0 Å². The zero-order chi connectivity index (χ0) is 37.6. The lowest BCUT2D eigenvalue weighted by atomic mass is 10.2. The molecule has 9 nitrogen and oxygen atoms in total. The fourth-order valence-electron chi connectivity index (χ4n) is 1.30. The maximum absolute atomic E-state index is 8.86. The van der Waals surface area contributed by atoms with Gasteiger partial charge in [-0.2, -0.15) is 0 Å². The van der Waals surface area contributed by atoms with Gasteiger partial charge in [0, 0.05) is 39.6 Å². The van der Waals surface area contributed by atoms with Crippen LogP contribution in [0, 0.1) is 0 Å². The molecule has 0 aliphatic rings. The minimum atomic E-state index is -0.116. The zero-order valence-corrected chi connectivity index (χ0v) is 32.6. The van der Waals surface area contributed by atoms with Gasteiger partial charge in [-0.05, 0) is 77.6 Å². The molecule has 0 aliphatic heterocycles. The number of aliphatic hydroxyl groups is 9. The van der Waals surface area contributed by atoms with Crippen LogP contribution in [0.5, 0.6) is 0 Å². The Hall–Kier alpha value is -0.360. The molecule has 45 heavy (non-hydrogen) atoms. The molecule has 2 atom stereocenters. The number of rotatable bonds is 15. The molecular formula is C36H90O9. The lowest BCUT2D eigenvalue weighted by Crippen LogP contribution is -2.01. The predicted octanol–water partition coefficient (Wildman–Crippen LogP) is 7.00. The highest BCUT2D eigenvalue weighted by atomic mass is 16.3. The molecule has 9 heteroatoms. The van der Waals surface area contributed by atoms with Gasteiger partial charge >= 0.3 is 0 Å². The van der Waals surface area contributed by atoms with E-state index in [1.54, 1.807) is 6.92 Å². The maximum Gasteiger partial charge on any atom is 0.0537 e. The fraction of sp³-hybridized carbons (Fsp3) is 1.00. The summed E-state index contributed by atoms with van der Waals surface area (Å²) in [5, 5.41) is 73.7. The van der Waals surface area contributed by atoms with Crippen LogP contribution in [0.3, 0.4) is 0 Å². The highest BCUT2D eigenvalue weighted by Gasteiger charge is 1.94. The van der Waals surface area contributed by atoms with E-state index in [0.29, 0.717) is 39.6 Å². The van der Waals surface area contributed by atoms with E-state index in [4.69, 9.17) is 46.0 Å². The van der Waals surface area contributed by atoms with Gasteiger partial charge in [0.25, 0.3) is 0 Å². The lowest BCUT2D eigenvalue weighted by Gasteiger charge is -2.01. The van der Waals surface area contributed by atoms with E-state index >= 15 is 0 Å². The third kappa shape index (κ3) is 196. The van der Waals surface area contributed by atoms with E-state index in [2.05, 4.69) is 27.7 Å². The predicted molar refractivity (Wildman–Crippen MR) is 198 cm³/mol. The summed E-state index contributed by atoms with van der Waals surface area (Å²) in [4.78, 5) is 0. The van der Waals surface area contributed by atoms with Crippen molar-refractivity contribution in [3.05, 3.63) is 0 Å². The van der Waals surface area contributed by atoms with Crippen LogP contribution in [0.1, 0.15) is 179 Å². The summed E-state index contributed by atoms with van der Waals surface area (Å²) < 4.78 is 0. The molecule has 0 radical (unpaired) electrons. The molecule has 288 valence electrons. The number of unbranched alkanes of at least 4 members (excludes halogenated alkanes) is 3. The minimum absolute atomic E-state index is 0.0509. The largest absolute Gasteiger partial charge is 0.396 e. The van der Waals surface area contributed by atoms with Crippen molar-refractivity contribution in [3.63, 3.8) is 0 Å². The molecule has 0 spiro atoms. The highest BCUT2D eigenvalue weighted by molar-refractivity contribution is 4.47. The first-order valence-electron chi connectivity index (χ1n) is 18.1. The first-order valence-corrected chi connectivity index (χ1v) is 18.1.